The number of amides is 2. The predicted octanol–water partition coefficient (Wildman–Crippen LogP) is 3.54. The number of nitrogens with two attached hydrogens (primary N) is 1. The van der Waals surface area contributed by atoms with Gasteiger partial charge in [0.15, 0.2) is 11.4 Å². The molecule has 0 fully saturated rings. The third kappa shape index (κ3) is 7.48. The lowest BCUT2D eigenvalue weighted by Gasteiger charge is -2.51. The molecule has 290 valence electrons. The lowest BCUT2D eigenvalue weighted by Crippen LogP contribution is -2.63. The fourth-order valence-corrected chi connectivity index (χ4v) is 7.52. The van der Waals surface area contributed by atoms with Gasteiger partial charge in [0.2, 0.25) is 0 Å². The smallest absolute Gasteiger partial charge is 0.408 e. The van der Waals surface area contributed by atoms with Crippen LogP contribution in [0.3, 0.4) is 0 Å². The highest BCUT2D eigenvalue weighted by atomic mass is 19.1. The van der Waals surface area contributed by atoms with Gasteiger partial charge in [-0.1, -0.05) is 30.3 Å². The van der Waals surface area contributed by atoms with E-state index >= 15 is 4.39 Å². The summed E-state index contributed by atoms with van der Waals surface area (Å²) in [6, 6.07) is 7.75. The molecular formula is C38H46FN5O10. The van der Waals surface area contributed by atoms with Crippen LogP contribution >= 0.6 is 0 Å². The summed E-state index contributed by atoms with van der Waals surface area (Å²) in [4.78, 5) is 53.4. The number of aliphatic hydroxyl groups is 3. The number of phenols is 1. The number of esters is 1. The summed E-state index contributed by atoms with van der Waals surface area (Å²) < 4.78 is 26.5. The van der Waals surface area contributed by atoms with Crippen molar-refractivity contribution in [1.29, 1.82) is 5.41 Å². The molecule has 0 saturated heterocycles. The van der Waals surface area contributed by atoms with Gasteiger partial charge >= 0.3 is 12.1 Å². The van der Waals surface area contributed by atoms with E-state index in [9.17, 15) is 39.6 Å². The number of alkyl carbamates (subject to hydrolysis) is 1. The Morgan fingerprint density at radius 2 is 1.81 bits per heavy atom. The van der Waals surface area contributed by atoms with E-state index in [1.54, 1.807) is 59.1 Å². The molecule has 0 unspecified atom stereocenters. The van der Waals surface area contributed by atoms with Crippen molar-refractivity contribution >= 4 is 35.2 Å². The number of primary amides is 1. The number of nitrogens with zero attached hydrogens (tertiary/aromatic N) is 1. The van der Waals surface area contributed by atoms with Crippen molar-refractivity contribution in [3.63, 3.8) is 0 Å². The van der Waals surface area contributed by atoms with Crippen LogP contribution in [0.15, 0.2) is 59.1 Å². The monoisotopic (exact) mass is 751 g/mol. The number of aliphatic hydroxyl groups excluding tert-OH is 2. The Morgan fingerprint density at radius 1 is 1.15 bits per heavy atom. The van der Waals surface area contributed by atoms with Crippen molar-refractivity contribution in [2.45, 2.75) is 76.3 Å². The number of halogens is 1. The van der Waals surface area contributed by atoms with Crippen molar-refractivity contribution < 1.29 is 53.5 Å². The van der Waals surface area contributed by atoms with Gasteiger partial charge in [0, 0.05) is 29.7 Å². The van der Waals surface area contributed by atoms with Crippen molar-refractivity contribution in [1.82, 2.24) is 10.2 Å². The van der Waals surface area contributed by atoms with Crippen LogP contribution in [-0.2, 0) is 32.1 Å². The Labute approximate surface area is 311 Å². The van der Waals surface area contributed by atoms with Crippen LogP contribution in [0.25, 0.3) is 0 Å². The number of ketones is 1. The minimum absolute atomic E-state index is 0.0330. The normalized spacial score (nSPS) is 22.9. The minimum atomic E-state index is -2.61. The van der Waals surface area contributed by atoms with Gasteiger partial charge in [0.05, 0.1) is 23.0 Å². The Morgan fingerprint density at radius 3 is 2.43 bits per heavy atom. The van der Waals surface area contributed by atoms with Crippen LogP contribution in [0.5, 0.6) is 5.75 Å². The summed E-state index contributed by atoms with van der Waals surface area (Å²) in [5.41, 5.74) is 0.0612. The first kappa shape index (κ1) is 39.7. The molecule has 54 heavy (non-hydrogen) atoms. The Kier molecular flexibility index (Phi) is 11.1. The fourth-order valence-electron chi connectivity index (χ4n) is 7.52. The number of hydrogen-bond donors (Lipinski definition) is 8. The van der Waals surface area contributed by atoms with Gasteiger partial charge in [0.1, 0.15) is 46.9 Å². The largest absolute Gasteiger partial charge is 0.510 e. The number of Topliss-reactive ketones (excluding diaryl/α,β-unsaturated/α-hetero) is 1. The van der Waals surface area contributed by atoms with E-state index in [0.717, 1.165) is 11.6 Å². The summed E-state index contributed by atoms with van der Waals surface area (Å²) in [5.74, 6) is -7.89. The zero-order valence-corrected chi connectivity index (χ0v) is 30.7. The second-order valence-corrected chi connectivity index (χ2v) is 15.0. The molecule has 15 nitrogen and oxygen atoms in total. The second-order valence-electron chi connectivity index (χ2n) is 15.0. The highest BCUT2D eigenvalue weighted by Crippen LogP contribution is 2.53. The number of carbonyl (C=O) groups excluding carboxylic acids is 4. The van der Waals surface area contributed by atoms with E-state index in [-0.39, 0.29) is 55.7 Å². The van der Waals surface area contributed by atoms with Gasteiger partial charge < -0.3 is 51.7 Å². The van der Waals surface area contributed by atoms with Crippen LogP contribution in [0.2, 0.25) is 0 Å². The molecule has 16 heteroatoms. The van der Waals surface area contributed by atoms with Gasteiger partial charge in [-0.25, -0.2) is 14.0 Å². The number of phenolic OH excluding ortho intramolecular Hbond substituents is 1. The van der Waals surface area contributed by atoms with Gasteiger partial charge in [-0.2, -0.15) is 0 Å². The Balaban J connectivity index is 1.36. The molecule has 5 rings (SSSR count). The summed E-state index contributed by atoms with van der Waals surface area (Å²) in [5, 5.41) is 59.8. The van der Waals surface area contributed by atoms with Crippen LogP contribution in [0.4, 0.5) is 14.9 Å². The zero-order chi connectivity index (χ0) is 39.9. The maximum absolute atomic E-state index is 15.8. The van der Waals surface area contributed by atoms with Gasteiger partial charge in [-0.3, -0.25) is 14.5 Å². The number of hydrogen-bond acceptors (Lipinski definition) is 13. The third-order valence-corrected chi connectivity index (χ3v) is 9.91. The Bertz CT molecular complexity index is 1940. The number of aromatic hydroxyl groups is 1. The molecular weight excluding hydrogens is 705 g/mol. The van der Waals surface area contributed by atoms with E-state index < -0.39 is 98.8 Å². The second kappa shape index (κ2) is 15.1. The number of fused-ring (bicyclic) bond motifs is 3. The molecule has 2 aromatic carbocycles. The molecule has 2 aromatic rings. The fraction of sp³-hybridized carbons (Fsp3) is 0.447. The number of carbonyl (C=O) groups is 4. The number of ether oxygens (including phenoxy) is 2. The lowest BCUT2D eigenvalue weighted by molar-refractivity contribution is -0.147. The quantitative estimate of drug-likeness (QED) is 0.0934. The Hall–Kier alpha value is -5.48. The maximum Gasteiger partial charge on any atom is 0.408 e. The van der Waals surface area contributed by atoms with Crippen molar-refractivity contribution in [2.75, 3.05) is 26.0 Å². The molecule has 0 spiro atoms. The first-order valence-corrected chi connectivity index (χ1v) is 17.5. The number of likely N-dealkylation sites (N-methyl/N-ethyl adjacent to an activating group) is 1. The highest BCUT2D eigenvalue weighted by molar-refractivity contribution is 6.26. The summed E-state index contributed by atoms with van der Waals surface area (Å²) >= 11 is 0. The SMILES string of the molecule is CN(C)[C@@H]1C(O)=C(C(N)=O)C(=N)[C@@]2(O)C(O)=C3C(=O)c4c(O)c(NCCC[C@H](NC(=O)OC(C)(C)C)C(=O)OCc5ccccc5)cc(F)c4C[C@H]3C[C@@H]12. The van der Waals surface area contributed by atoms with E-state index in [4.69, 9.17) is 20.6 Å². The first-order valence-electron chi connectivity index (χ1n) is 17.5. The maximum atomic E-state index is 15.8. The molecule has 3 aliphatic rings. The average molecular weight is 752 g/mol. The van der Waals surface area contributed by atoms with Gasteiger partial charge in [0.25, 0.3) is 5.91 Å². The molecule has 9 N–H and O–H groups in total. The van der Waals surface area contributed by atoms with Crippen LogP contribution in [0.1, 0.15) is 61.5 Å². The van der Waals surface area contributed by atoms with Crippen LogP contribution < -0.4 is 16.4 Å². The molecule has 0 bridgehead atoms. The van der Waals surface area contributed by atoms with E-state index in [2.05, 4.69) is 10.6 Å². The van der Waals surface area contributed by atoms with Gasteiger partial charge in [-0.05, 0) is 72.0 Å². The topological polar surface area (TPSA) is 245 Å². The summed E-state index contributed by atoms with van der Waals surface area (Å²) in [6.45, 7) is 5.01. The van der Waals surface area contributed by atoms with Gasteiger partial charge in [-0.15, -0.1) is 0 Å². The highest BCUT2D eigenvalue weighted by Gasteiger charge is 2.61. The molecule has 0 radical (unpaired) electrons. The summed E-state index contributed by atoms with van der Waals surface area (Å²) in [6.07, 6.45) is -0.871. The number of benzene rings is 2. The standard InChI is InChI=1S/C38H46FN5O10/c1-37(2,3)54-36(51)43-23(35(50)53-17-18-10-7-6-8-11-18)12-9-13-42-24-16-22(39)20-14-19-15-21-28(44(4)5)31(47)27(34(41)49)32(40)38(21,52)33(48)25(19)30(46)26(20)29(24)45/h6-8,10-11,16,19,21,23,28,40,42,45,47-48,52H,9,12-15,17H2,1-5H3,(H2,41,49)(H,43,51)/t19-,21-,23-,28-,38+/m0/s1. The van der Waals surface area contributed by atoms with Crippen LogP contribution in [-0.4, -0.2) is 98.7 Å². The number of allylic oxidation sites excluding steroid dienone is 1. The van der Waals surface area contributed by atoms with Crippen molar-refractivity contribution in [2.24, 2.45) is 17.6 Å². The van der Waals surface area contributed by atoms with E-state index in [1.807, 2.05) is 6.07 Å². The summed E-state index contributed by atoms with van der Waals surface area (Å²) in [7, 11) is 3.10. The van der Waals surface area contributed by atoms with E-state index in [1.165, 1.54) is 4.90 Å². The molecule has 0 saturated carbocycles. The third-order valence-electron chi connectivity index (χ3n) is 9.91. The molecule has 2 amide bonds. The minimum Gasteiger partial charge on any atom is -0.510 e. The number of nitrogens with one attached hydrogen (secondary N) is 3. The molecule has 3 aliphatic carbocycles. The predicted molar refractivity (Wildman–Crippen MR) is 193 cm³/mol. The average Bonchev–Trinajstić information content (AvgIpc) is 3.08. The molecule has 0 aromatic heterocycles. The first-order chi connectivity index (χ1) is 25.3. The lowest BCUT2D eigenvalue weighted by atomic mass is 9.58. The molecule has 0 aliphatic heterocycles. The van der Waals surface area contributed by atoms with Crippen molar-refractivity contribution in [3.05, 3.63) is 81.6 Å². The molecule has 0 heterocycles. The number of anilines is 1. The van der Waals surface area contributed by atoms with E-state index in [0.29, 0.717) is 0 Å². The number of rotatable bonds is 11. The van der Waals surface area contributed by atoms with Crippen molar-refractivity contribution in [3.8, 4) is 5.75 Å². The van der Waals surface area contributed by atoms with Crippen LogP contribution in [0, 0.1) is 23.1 Å². The zero-order valence-electron chi connectivity index (χ0n) is 30.7. The molecule has 5 atom stereocenters.